The molecule has 0 aromatic rings. The molecular formula is C70H136O17P2. The average Bonchev–Trinajstić information content (AvgIpc) is 3.47. The highest BCUT2D eigenvalue weighted by Gasteiger charge is 2.30. The van der Waals surface area contributed by atoms with E-state index >= 15 is 0 Å². The first-order valence-electron chi connectivity index (χ1n) is 36.2. The summed E-state index contributed by atoms with van der Waals surface area (Å²) in [4.78, 5) is 72.5. The SMILES string of the molecule is CC(C)CCCCCCCCCCCCCCCC(=O)OC[C@H](COP(=O)(O)OCC(O)COP(=O)(O)OC[C@@H](COC(=O)CCCCCCCCCC(C)C)OC(=O)CCCCCCCCCCCCC(C)C)OC(=O)CCCCCCCCCC(C)C. The van der Waals surface area contributed by atoms with Crippen LogP contribution in [0.2, 0.25) is 0 Å². The predicted octanol–water partition coefficient (Wildman–Crippen LogP) is 19.7. The van der Waals surface area contributed by atoms with Crippen LogP contribution in [0.3, 0.4) is 0 Å². The maximum atomic E-state index is 13.0. The van der Waals surface area contributed by atoms with Gasteiger partial charge in [0.2, 0.25) is 0 Å². The standard InChI is InChI=1S/C70H136O17P2/c1-60(2)46-38-30-22-16-12-10-9-11-13-18-26-34-42-50-67(72)80-56-66(87-70(75)53-45-37-29-21-25-33-41-49-63(7)8)59-85-89(78,79)83-55-64(71)54-82-88(76,77)84-58-65(57-81-68(73)51-43-35-28-20-24-32-40-48-62(5)6)86-69(74)52-44-36-27-19-15-14-17-23-31-39-47-61(3)4/h60-66,71H,9-59H2,1-8H3,(H,76,77)(H,78,79)/t64?,65-,66-/m1/s1. The molecule has 0 aliphatic rings. The first-order valence-corrected chi connectivity index (χ1v) is 39.2. The Bertz CT molecular complexity index is 1760. The Kier molecular flexibility index (Phi) is 58.5. The summed E-state index contributed by atoms with van der Waals surface area (Å²) in [6, 6.07) is 0. The highest BCUT2D eigenvalue weighted by Crippen LogP contribution is 2.45. The molecule has 0 fully saturated rings. The molecule has 0 spiro atoms. The molecule has 0 heterocycles. The van der Waals surface area contributed by atoms with Crippen molar-refractivity contribution in [3.63, 3.8) is 0 Å². The summed E-state index contributed by atoms with van der Waals surface area (Å²) in [5.41, 5.74) is 0. The molecule has 0 rings (SSSR count). The van der Waals surface area contributed by atoms with Crippen LogP contribution in [0.1, 0.15) is 344 Å². The zero-order chi connectivity index (χ0) is 66.1. The highest BCUT2D eigenvalue weighted by atomic mass is 31.2. The molecule has 17 nitrogen and oxygen atoms in total. The molecule has 0 aromatic heterocycles. The Balaban J connectivity index is 5.22. The fourth-order valence-corrected chi connectivity index (χ4v) is 12.1. The molecular weight excluding hydrogens is 1170 g/mol. The zero-order valence-corrected chi connectivity index (χ0v) is 59.8. The second-order valence-corrected chi connectivity index (χ2v) is 30.1. The second kappa shape index (κ2) is 59.8. The van der Waals surface area contributed by atoms with Crippen molar-refractivity contribution in [3.05, 3.63) is 0 Å². The number of carbonyl (C=O) groups is 4. The molecule has 0 aromatic carbocycles. The average molecular weight is 1310 g/mol. The minimum Gasteiger partial charge on any atom is -0.462 e. The number of phosphoric acid groups is 2. The van der Waals surface area contributed by atoms with E-state index in [2.05, 4.69) is 55.4 Å². The largest absolute Gasteiger partial charge is 0.472 e. The highest BCUT2D eigenvalue weighted by molar-refractivity contribution is 7.47. The molecule has 0 amide bonds. The van der Waals surface area contributed by atoms with E-state index in [1.165, 1.54) is 141 Å². The molecule has 19 heteroatoms. The molecule has 0 bridgehead atoms. The first-order chi connectivity index (χ1) is 42.6. The van der Waals surface area contributed by atoms with Crippen LogP contribution in [0, 0.1) is 23.7 Å². The lowest BCUT2D eigenvalue weighted by atomic mass is 10.0. The van der Waals surface area contributed by atoms with Crippen LogP contribution in [-0.4, -0.2) is 96.7 Å². The van der Waals surface area contributed by atoms with E-state index in [1.54, 1.807) is 0 Å². The fourth-order valence-electron chi connectivity index (χ4n) is 10.5. The van der Waals surface area contributed by atoms with Gasteiger partial charge in [0.05, 0.1) is 26.4 Å². The number of hydrogen-bond acceptors (Lipinski definition) is 15. The maximum absolute atomic E-state index is 13.0. The van der Waals surface area contributed by atoms with Gasteiger partial charge in [0.15, 0.2) is 12.2 Å². The topological polar surface area (TPSA) is 237 Å². The van der Waals surface area contributed by atoms with Gasteiger partial charge in [0, 0.05) is 25.7 Å². The normalized spacial score (nSPS) is 14.3. The Morgan fingerprint density at radius 3 is 0.697 bits per heavy atom. The second-order valence-electron chi connectivity index (χ2n) is 27.2. The number of ether oxygens (including phenoxy) is 4. The molecule has 3 N–H and O–H groups in total. The third-order valence-corrected chi connectivity index (χ3v) is 18.0. The Morgan fingerprint density at radius 1 is 0.281 bits per heavy atom. The van der Waals surface area contributed by atoms with E-state index < -0.39 is 97.5 Å². The van der Waals surface area contributed by atoms with Gasteiger partial charge in [-0.15, -0.1) is 0 Å². The number of aliphatic hydroxyl groups is 1. The van der Waals surface area contributed by atoms with Crippen molar-refractivity contribution in [2.24, 2.45) is 23.7 Å². The van der Waals surface area contributed by atoms with Crippen molar-refractivity contribution in [1.82, 2.24) is 0 Å². The van der Waals surface area contributed by atoms with Crippen molar-refractivity contribution >= 4 is 39.5 Å². The van der Waals surface area contributed by atoms with E-state index in [0.29, 0.717) is 37.5 Å². The van der Waals surface area contributed by atoms with Crippen LogP contribution >= 0.6 is 15.6 Å². The minimum absolute atomic E-state index is 0.103. The monoisotopic (exact) mass is 1310 g/mol. The van der Waals surface area contributed by atoms with Crippen LogP contribution < -0.4 is 0 Å². The van der Waals surface area contributed by atoms with Crippen molar-refractivity contribution in [2.75, 3.05) is 39.6 Å². The van der Waals surface area contributed by atoms with E-state index in [0.717, 1.165) is 108 Å². The van der Waals surface area contributed by atoms with Crippen molar-refractivity contribution in [1.29, 1.82) is 0 Å². The van der Waals surface area contributed by atoms with Crippen LogP contribution in [0.15, 0.2) is 0 Å². The first kappa shape index (κ1) is 87.1. The number of rotatable bonds is 67. The van der Waals surface area contributed by atoms with Gasteiger partial charge in [-0.3, -0.25) is 37.3 Å². The quantitative estimate of drug-likeness (QED) is 0.0222. The molecule has 5 atom stereocenters. The number of esters is 4. The Morgan fingerprint density at radius 2 is 0.472 bits per heavy atom. The smallest absolute Gasteiger partial charge is 0.462 e. The predicted molar refractivity (Wildman–Crippen MR) is 358 cm³/mol. The number of phosphoric ester groups is 2. The van der Waals surface area contributed by atoms with Crippen LogP contribution in [0.25, 0.3) is 0 Å². The van der Waals surface area contributed by atoms with Crippen molar-refractivity contribution in [2.45, 2.75) is 363 Å². The molecule has 528 valence electrons. The van der Waals surface area contributed by atoms with Gasteiger partial charge in [-0.05, 0) is 49.4 Å². The number of carbonyl (C=O) groups excluding carboxylic acids is 4. The Hall–Kier alpha value is -1.94. The molecule has 89 heavy (non-hydrogen) atoms. The van der Waals surface area contributed by atoms with Gasteiger partial charge in [0.25, 0.3) is 0 Å². The number of unbranched alkanes of at least 4 members (excludes halogenated alkanes) is 33. The molecule has 0 saturated heterocycles. The summed E-state index contributed by atoms with van der Waals surface area (Å²) >= 11 is 0. The van der Waals surface area contributed by atoms with Gasteiger partial charge in [0.1, 0.15) is 19.3 Å². The van der Waals surface area contributed by atoms with E-state index in [1.807, 2.05) is 0 Å². The van der Waals surface area contributed by atoms with Crippen molar-refractivity contribution < 1.29 is 80.2 Å². The summed E-state index contributed by atoms with van der Waals surface area (Å²) in [6.45, 7) is 14.0. The van der Waals surface area contributed by atoms with E-state index in [9.17, 15) is 43.2 Å². The van der Waals surface area contributed by atoms with Gasteiger partial charge in [-0.25, -0.2) is 9.13 Å². The van der Waals surface area contributed by atoms with Crippen LogP contribution in [0.4, 0.5) is 0 Å². The molecule has 3 unspecified atom stereocenters. The minimum atomic E-state index is -4.95. The zero-order valence-electron chi connectivity index (χ0n) is 58.1. The molecule has 0 aliphatic carbocycles. The van der Waals surface area contributed by atoms with E-state index in [4.69, 9.17) is 37.0 Å². The maximum Gasteiger partial charge on any atom is 0.472 e. The lowest BCUT2D eigenvalue weighted by Crippen LogP contribution is -2.30. The Labute approximate surface area is 543 Å². The number of hydrogen-bond donors (Lipinski definition) is 3. The van der Waals surface area contributed by atoms with Crippen LogP contribution in [-0.2, 0) is 65.4 Å². The summed E-state index contributed by atoms with van der Waals surface area (Å²) < 4.78 is 68.2. The van der Waals surface area contributed by atoms with Crippen molar-refractivity contribution in [3.8, 4) is 0 Å². The van der Waals surface area contributed by atoms with Gasteiger partial charge < -0.3 is 33.8 Å². The summed E-state index contributed by atoms with van der Waals surface area (Å²) in [7, 11) is -9.90. The third-order valence-electron chi connectivity index (χ3n) is 16.1. The lowest BCUT2D eigenvalue weighted by molar-refractivity contribution is -0.161. The van der Waals surface area contributed by atoms with Gasteiger partial charge in [-0.1, -0.05) is 293 Å². The number of aliphatic hydroxyl groups excluding tert-OH is 1. The third kappa shape index (κ3) is 64.6. The van der Waals surface area contributed by atoms with Crippen LogP contribution in [0.5, 0.6) is 0 Å². The fraction of sp³-hybridized carbons (Fsp3) is 0.943. The van der Waals surface area contributed by atoms with E-state index in [-0.39, 0.29) is 25.7 Å². The lowest BCUT2D eigenvalue weighted by Gasteiger charge is -2.21. The van der Waals surface area contributed by atoms with Gasteiger partial charge >= 0.3 is 39.5 Å². The molecule has 0 radical (unpaired) electrons. The summed E-state index contributed by atoms with van der Waals surface area (Å²) in [6.07, 6.45) is 41.9. The molecule has 0 saturated carbocycles. The summed E-state index contributed by atoms with van der Waals surface area (Å²) in [5, 5.41) is 10.6. The molecule has 0 aliphatic heterocycles. The summed E-state index contributed by atoms with van der Waals surface area (Å²) in [5.74, 6) is 0.812. The van der Waals surface area contributed by atoms with Gasteiger partial charge in [-0.2, -0.15) is 0 Å².